The molecule has 1 aliphatic rings. The van der Waals surface area contributed by atoms with Gasteiger partial charge in [0.25, 0.3) is 11.8 Å². The second-order valence-electron chi connectivity index (χ2n) is 7.90. The Morgan fingerprint density at radius 3 is 2.74 bits per heavy atom. The van der Waals surface area contributed by atoms with Crippen LogP contribution in [0.3, 0.4) is 0 Å². The van der Waals surface area contributed by atoms with Crippen LogP contribution in [-0.2, 0) is 11.3 Å². The Morgan fingerprint density at radius 2 is 2.03 bits per heavy atom. The van der Waals surface area contributed by atoms with E-state index in [1.54, 1.807) is 12.4 Å². The van der Waals surface area contributed by atoms with Crippen molar-refractivity contribution in [3.63, 3.8) is 0 Å². The highest BCUT2D eigenvalue weighted by atomic mass is 16.2. The van der Waals surface area contributed by atoms with Crippen LogP contribution in [0.5, 0.6) is 0 Å². The van der Waals surface area contributed by atoms with E-state index in [1.165, 1.54) is 0 Å². The largest absolute Gasteiger partial charge is 0.348 e. The number of amides is 2. The maximum Gasteiger partial charge on any atom is 0.298 e. The average Bonchev–Trinajstić information content (AvgIpc) is 2.81. The van der Waals surface area contributed by atoms with Crippen molar-refractivity contribution >= 4 is 11.8 Å². The van der Waals surface area contributed by atoms with Crippen molar-refractivity contribution in [1.29, 1.82) is 0 Å². The molecule has 1 N–H and O–H groups in total. The molecule has 1 fully saturated rings. The zero-order chi connectivity index (χ0) is 22.1. The molecule has 1 saturated heterocycles. The standard InChI is InChI=1S/C25H30N4O2/c1-3-4-5-6-9-23(30)29-15-12-21(13-16-29)24-22(11-10-19(2)28-24)25(31)27-18-20-8-7-14-26-17-20/h7-8,10-11,14,17,21H,3-5,12-13,15-16,18H2,1-2H3,(H,27,31). The molecule has 0 radical (unpaired) electrons. The zero-order valence-electron chi connectivity index (χ0n) is 18.4. The molecule has 0 spiro atoms. The molecule has 0 atom stereocenters. The first kappa shape index (κ1) is 22.5. The minimum Gasteiger partial charge on any atom is -0.348 e. The predicted molar refractivity (Wildman–Crippen MR) is 120 cm³/mol. The van der Waals surface area contributed by atoms with E-state index in [0.717, 1.165) is 49.1 Å². The number of piperidine rings is 1. The van der Waals surface area contributed by atoms with Gasteiger partial charge in [-0.2, -0.15) is 0 Å². The summed E-state index contributed by atoms with van der Waals surface area (Å²) in [6.45, 7) is 5.74. The van der Waals surface area contributed by atoms with Crippen LogP contribution in [0, 0.1) is 18.8 Å². The Labute approximate surface area is 184 Å². The van der Waals surface area contributed by atoms with Crippen LogP contribution in [0.25, 0.3) is 0 Å². The fraction of sp³-hybridized carbons (Fsp3) is 0.440. The number of hydrogen-bond acceptors (Lipinski definition) is 4. The molecule has 3 heterocycles. The molecular weight excluding hydrogens is 388 g/mol. The summed E-state index contributed by atoms with van der Waals surface area (Å²) in [5, 5.41) is 2.97. The molecule has 0 bridgehead atoms. The number of nitrogens with zero attached hydrogens (tertiary/aromatic N) is 3. The number of carbonyl (C=O) groups excluding carboxylic acids is 2. The lowest BCUT2D eigenvalue weighted by Gasteiger charge is -2.31. The molecule has 2 aromatic heterocycles. The lowest BCUT2D eigenvalue weighted by molar-refractivity contribution is -0.126. The zero-order valence-corrected chi connectivity index (χ0v) is 18.4. The second-order valence-corrected chi connectivity index (χ2v) is 7.90. The van der Waals surface area contributed by atoms with Gasteiger partial charge < -0.3 is 10.2 Å². The molecule has 3 rings (SSSR count). The third-order valence-corrected chi connectivity index (χ3v) is 5.50. The van der Waals surface area contributed by atoms with Gasteiger partial charge in [-0.05, 0) is 55.9 Å². The predicted octanol–water partition coefficient (Wildman–Crippen LogP) is 3.61. The van der Waals surface area contributed by atoms with E-state index in [1.807, 2.05) is 36.1 Å². The van der Waals surface area contributed by atoms with Crippen molar-refractivity contribution < 1.29 is 9.59 Å². The Morgan fingerprint density at radius 1 is 1.23 bits per heavy atom. The number of unbranched alkanes of at least 4 members (excludes halogenated alkanes) is 2. The summed E-state index contributed by atoms with van der Waals surface area (Å²) in [5.41, 5.74) is 3.27. The highest BCUT2D eigenvalue weighted by molar-refractivity contribution is 5.95. The molecule has 0 aliphatic carbocycles. The number of rotatable bonds is 6. The van der Waals surface area contributed by atoms with Gasteiger partial charge in [0.1, 0.15) is 0 Å². The summed E-state index contributed by atoms with van der Waals surface area (Å²) < 4.78 is 0. The van der Waals surface area contributed by atoms with Gasteiger partial charge in [-0.1, -0.05) is 25.3 Å². The number of hydrogen-bond donors (Lipinski definition) is 1. The van der Waals surface area contributed by atoms with Gasteiger partial charge >= 0.3 is 0 Å². The lowest BCUT2D eigenvalue weighted by atomic mass is 9.89. The first-order chi connectivity index (χ1) is 15.1. The maximum atomic E-state index is 12.9. The van der Waals surface area contributed by atoms with Gasteiger partial charge in [-0.15, -0.1) is 0 Å². The van der Waals surface area contributed by atoms with E-state index in [0.29, 0.717) is 25.2 Å². The SMILES string of the molecule is CCCCC#CC(=O)N1CCC(c2nc(C)ccc2C(=O)NCc2cccnc2)CC1. The molecule has 2 amide bonds. The molecule has 31 heavy (non-hydrogen) atoms. The second kappa shape index (κ2) is 11.3. The van der Waals surface area contributed by atoms with Crippen molar-refractivity contribution in [2.24, 2.45) is 0 Å². The van der Waals surface area contributed by atoms with Crippen molar-refractivity contribution in [1.82, 2.24) is 20.2 Å². The lowest BCUT2D eigenvalue weighted by Crippen LogP contribution is -2.38. The van der Waals surface area contributed by atoms with Crippen LogP contribution in [0.15, 0.2) is 36.7 Å². The minimum atomic E-state index is -0.133. The Balaban J connectivity index is 1.63. The van der Waals surface area contributed by atoms with E-state index in [-0.39, 0.29) is 17.7 Å². The van der Waals surface area contributed by atoms with Crippen molar-refractivity contribution in [2.45, 2.75) is 58.4 Å². The molecule has 6 nitrogen and oxygen atoms in total. The van der Waals surface area contributed by atoms with Crippen LogP contribution >= 0.6 is 0 Å². The number of nitrogens with one attached hydrogen (secondary N) is 1. The normalized spacial score (nSPS) is 13.9. The molecule has 6 heteroatoms. The summed E-state index contributed by atoms with van der Waals surface area (Å²) in [5.74, 6) is 5.66. The topological polar surface area (TPSA) is 75.2 Å². The van der Waals surface area contributed by atoms with Gasteiger partial charge in [0, 0.05) is 50.1 Å². The van der Waals surface area contributed by atoms with Crippen LogP contribution in [0.1, 0.15) is 72.3 Å². The summed E-state index contributed by atoms with van der Waals surface area (Å²) in [6, 6.07) is 7.50. The van der Waals surface area contributed by atoms with Gasteiger partial charge in [0.2, 0.25) is 0 Å². The van der Waals surface area contributed by atoms with Crippen LogP contribution in [-0.4, -0.2) is 39.8 Å². The van der Waals surface area contributed by atoms with Gasteiger partial charge in [0.15, 0.2) is 0 Å². The fourth-order valence-electron chi connectivity index (χ4n) is 3.70. The molecule has 2 aromatic rings. The molecule has 0 unspecified atom stereocenters. The first-order valence-electron chi connectivity index (χ1n) is 11.0. The van der Waals surface area contributed by atoms with E-state index in [4.69, 9.17) is 4.98 Å². The van der Waals surface area contributed by atoms with Crippen molar-refractivity contribution in [3.8, 4) is 11.8 Å². The summed E-state index contributed by atoms with van der Waals surface area (Å²) in [6.07, 6.45) is 7.88. The van der Waals surface area contributed by atoms with E-state index in [9.17, 15) is 9.59 Å². The number of aryl methyl sites for hydroxylation is 1. The Hall–Kier alpha value is -3.20. The first-order valence-corrected chi connectivity index (χ1v) is 11.0. The smallest absolute Gasteiger partial charge is 0.298 e. The number of aromatic nitrogens is 2. The average molecular weight is 419 g/mol. The van der Waals surface area contributed by atoms with E-state index < -0.39 is 0 Å². The molecular formula is C25H30N4O2. The number of likely N-dealkylation sites (tertiary alicyclic amines) is 1. The number of carbonyl (C=O) groups is 2. The summed E-state index contributed by atoms with van der Waals surface area (Å²) >= 11 is 0. The van der Waals surface area contributed by atoms with E-state index in [2.05, 4.69) is 29.1 Å². The quantitative estimate of drug-likeness (QED) is 0.574. The van der Waals surface area contributed by atoms with E-state index >= 15 is 0 Å². The molecule has 0 saturated carbocycles. The van der Waals surface area contributed by atoms with Crippen LogP contribution in [0.2, 0.25) is 0 Å². The maximum absolute atomic E-state index is 12.9. The number of pyridine rings is 2. The van der Waals surface area contributed by atoms with Crippen LogP contribution < -0.4 is 5.32 Å². The van der Waals surface area contributed by atoms with Gasteiger partial charge in [-0.3, -0.25) is 19.6 Å². The van der Waals surface area contributed by atoms with Gasteiger partial charge in [-0.25, -0.2) is 0 Å². The highest BCUT2D eigenvalue weighted by Crippen LogP contribution is 2.29. The third kappa shape index (κ3) is 6.39. The van der Waals surface area contributed by atoms with Crippen LogP contribution in [0.4, 0.5) is 0 Å². The summed E-state index contributed by atoms with van der Waals surface area (Å²) in [4.78, 5) is 35.8. The monoisotopic (exact) mass is 418 g/mol. The minimum absolute atomic E-state index is 0.0961. The third-order valence-electron chi connectivity index (χ3n) is 5.50. The van der Waals surface area contributed by atoms with Crippen molar-refractivity contribution in [3.05, 3.63) is 59.2 Å². The molecule has 162 valence electrons. The fourth-order valence-corrected chi connectivity index (χ4v) is 3.70. The van der Waals surface area contributed by atoms with Crippen molar-refractivity contribution in [2.75, 3.05) is 13.1 Å². The Kier molecular flexibility index (Phi) is 8.17. The summed E-state index contributed by atoms with van der Waals surface area (Å²) in [7, 11) is 0. The molecule has 1 aliphatic heterocycles. The highest BCUT2D eigenvalue weighted by Gasteiger charge is 2.27. The van der Waals surface area contributed by atoms with Gasteiger partial charge in [0.05, 0.1) is 11.3 Å². The Bertz CT molecular complexity index is 954. The molecule has 0 aromatic carbocycles.